The Balaban J connectivity index is 3.01. The molecule has 5 heteroatoms. The quantitative estimate of drug-likeness (QED) is 0.552. The Morgan fingerprint density at radius 2 is 2.00 bits per heavy atom. The Morgan fingerprint density at radius 1 is 1.33 bits per heavy atom. The molecular weight excluding hydrogens is 194 g/mol. The van der Waals surface area contributed by atoms with Crippen LogP contribution in [0.15, 0.2) is 24.3 Å². The molecule has 0 fully saturated rings. The zero-order valence-corrected chi connectivity index (χ0v) is 8.07. The van der Waals surface area contributed by atoms with E-state index in [0.29, 0.717) is 5.69 Å². The van der Waals surface area contributed by atoms with E-state index in [4.69, 9.17) is 5.26 Å². The number of hydrogen-bond acceptors (Lipinski definition) is 3. The summed E-state index contributed by atoms with van der Waals surface area (Å²) in [6.07, 6.45) is 1.53. The normalized spacial score (nSPS) is 8.80. The van der Waals surface area contributed by atoms with Gasteiger partial charge in [-0.1, -0.05) is 12.1 Å². The highest BCUT2D eigenvalue weighted by atomic mass is 16.2. The van der Waals surface area contributed by atoms with Crippen LogP contribution in [0, 0.1) is 11.5 Å². The van der Waals surface area contributed by atoms with Crippen LogP contribution in [-0.4, -0.2) is 11.8 Å². The molecule has 1 aromatic rings. The molecule has 1 aromatic carbocycles. The Bertz CT molecular complexity index is 435. The fourth-order valence-corrected chi connectivity index (χ4v) is 1.10. The molecule has 0 spiro atoms. The molecule has 2 N–H and O–H groups in total. The lowest BCUT2D eigenvalue weighted by Crippen LogP contribution is -2.20. The lowest BCUT2D eigenvalue weighted by Gasteiger charge is -2.06. The monoisotopic (exact) mass is 203 g/mol. The molecule has 0 aliphatic heterocycles. The van der Waals surface area contributed by atoms with Gasteiger partial charge in [-0.05, 0) is 12.1 Å². The summed E-state index contributed by atoms with van der Waals surface area (Å²) in [5.41, 5.74) is 0.645. The standard InChI is InChI=1S/C10H9N3O2/c1-7(14)13-9-5-3-2-4-8(9)10(15)12-6-11/h2-5H,1H3,(H,12,15)(H,13,14). The Labute approximate surface area is 86.7 Å². The number of anilines is 1. The van der Waals surface area contributed by atoms with Crippen LogP contribution in [0.4, 0.5) is 5.69 Å². The van der Waals surface area contributed by atoms with Gasteiger partial charge in [-0.15, -0.1) is 0 Å². The molecule has 0 saturated heterocycles. The first-order valence-corrected chi connectivity index (χ1v) is 4.21. The zero-order chi connectivity index (χ0) is 11.3. The second kappa shape index (κ2) is 4.77. The smallest absolute Gasteiger partial charge is 0.266 e. The van der Waals surface area contributed by atoms with Gasteiger partial charge in [-0.3, -0.25) is 14.9 Å². The minimum absolute atomic E-state index is 0.259. The number of carbonyl (C=O) groups is 2. The zero-order valence-electron chi connectivity index (χ0n) is 8.07. The SMILES string of the molecule is CC(=O)Nc1ccccc1C(=O)NC#N. The highest BCUT2D eigenvalue weighted by molar-refractivity contribution is 6.03. The van der Waals surface area contributed by atoms with E-state index in [2.05, 4.69) is 5.32 Å². The first kappa shape index (κ1) is 10.7. The summed E-state index contributed by atoms with van der Waals surface area (Å²) < 4.78 is 0. The van der Waals surface area contributed by atoms with E-state index >= 15 is 0 Å². The second-order valence-corrected chi connectivity index (χ2v) is 2.79. The maximum absolute atomic E-state index is 11.4. The molecule has 0 saturated carbocycles. The summed E-state index contributed by atoms with van der Waals surface area (Å²) >= 11 is 0. The number of hydrogen-bond donors (Lipinski definition) is 2. The Hall–Kier alpha value is -2.35. The highest BCUT2D eigenvalue weighted by Gasteiger charge is 2.10. The van der Waals surface area contributed by atoms with Crippen molar-refractivity contribution in [3.05, 3.63) is 29.8 Å². The molecule has 1 rings (SSSR count). The van der Waals surface area contributed by atoms with Crippen molar-refractivity contribution in [1.29, 1.82) is 5.26 Å². The third-order valence-corrected chi connectivity index (χ3v) is 1.65. The number of rotatable bonds is 2. The van der Waals surface area contributed by atoms with Crippen molar-refractivity contribution in [1.82, 2.24) is 5.32 Å². The van der Waals surface area contributed by atoms with Gasteiger partial charge in [0, 0.05) is 6.92 Å². The van der Waals surface area contributed by atoms with E-state index in [1.165, 1.54) is 19.2 Å². The molecule has 0 unspecified atom stereocenters. The largest absolute Gasteiger partial charge is 0.326 e. The van der Waals surface area contributed by atoms with Gasteiger partial charge in [0.05, 0.1) is 11.3 Å². The summed E-state index contributed by atoms with van der Waals surface area (Å²) in [5.74, 6) is -0.811. The van der Waals surface area contributed by atoms with Gasteiger partial charge >= 0.3 is 0 Å². The van der Waals surface area contributed by atoms with Gasteiger partial charge in [0.25, 0.3) is 5.91 Å². The molecule has 0 radical (unpaired) electrons. The molecule has 0 bridgehead atoms. The van der Waals surface area contributed by atoms with Crippen LogP contribution in [0.3, 0.4) is 0 Å². The van der Waals surface area contributed by atoms with E-state index in [9.17, 15) is 9.59 Å². The molecule has 0 atom stereocenters. The van der Waals surface area contributed by atoms with E-state index in [-0.39, 0.29) is 11.5 Å². The molecule has 15 heavy (non-hydrogen) atoms. The minimum Gasteiger partial charge on any atom is -0.326 e. The van der Waals surface area contributed by atoms with E-state index in [1.54, 1.807) is 18.2 Å². The maximum Gasteiger partial charge on any atom is 0.266 e. The minimum atomic E-state index is -0.540. The van der Waals surface area contributed by atoms with Gasteiger partial charge in [-0.2, -0.15) is 5.26 Å². The second-order valence-electron chi connectivity index (χ2n) is 2.79. The molecule has 5 nitrogen and oxygen atoms in total. The summed E-state index contributed by atoms with van der Waals surface area (Å²) in [4.78, 5) is 22.2. The Kier molecular flexibility index (Phi) is 3.41. The number of nitrogens with one attached hydrogen (secondary N) is 2. The van der Waals surface area contributed by atoms with Crippen molar-refractivity contribution in [3.63, 3.8) is 0 Å². The molecule has 76 valence electrons. The summed E-state index contributed by atoms with van der Waals surface area (Å²) in [7, 11) is 0. The van der Waals surface area contributed by atoms with Gasteiger partial charge in [0.2, 0.25) is 5.91 Å². The fourth-order valence-electron chi connectivity index (χ4n) is 1.10. The Morgan fingerprint density at radius 3 is 2.60 bits per heavy atom. The average Bonchev–Trinajstić information content (AvgIpc) is 2.18. The highest BCUT2D eigenvalue weighted by Crippen LogP contribution is 2.14. The number of benzene rings is 1. The molecule has 2 amide bonds. The lowest BCUT2D eigenvalue weighted by atomic mass is 10.1. The average molecular weight is 203 g/mol. The predicted molar refractivity (Wildman–Crippen MR) is 53.8 cm³/mol. The van der Waals surface area contributed by atoms with Crippen LogP contribution in [0.2, 0.25) is 0 Å². The summed E-state index contributed by atoms with van der Waals surface area (Å²) in [6, 6.07) is 6.46. The van der Waals surface area contributed by atoms with Crippen molar-refractivity contribution in [3.8, 4) is 6.19 Å². The first-order valence-electron chi connectivity index (χ1n) is 4.21. The van der Waals surface area contributed by atoms with E-state index < -0.39 is 5.91 Å². The van der Waals surface area contributed by atoms with E-state index in [0.717, 1.165) is 0 Å². The van der Waals surface area contributed by atoms with Crippen LogP contribution in [0.1, 0.15) is 17.3 Å². The number of amides is 2. The van der Waals surface area contributed by atoms with Crippen molar-refractivity contribution in [2.45, 2.75) is 6.92 Å². The third-order valence-electron chi connectivity index (χ3n) is 1.65. The van der Waals surface area contributed by atoms with Crippen LogP contribution in [0.25, 0.3) is 0 Å². The van der Waals surface area contributed by atoms with Crippen LogP contribution in [0.5, 0.6) is 0 Å². The molecular formula is C10H9N3O2. The molecule has 0 heterocycles. The van der Waals surface area contributed by atoms with Crippen LogP contribution >= 0.6 is 0 Å². The van der Waals surface area contributed by atoms with Crippen molar-refractivity contribution in [2.75, 3.05) is 5.32 Å². The molecule has 0 aliphatic carbocycles. The molecule has 0 aliphatic rings. The first-order chi connectivity index (χ1) is 7.15. The summed E-state index contributed by atoms with van der Waals surface area (Å²) in [6.45, 7) is 1.35. The van der Waals surface area contributed by atoms with Crippen LogP contribution < -0.4 is 10.6 Å². The number of para-hydroxylation sites is 1. The number of carbonyl (C=O) groups excluding carboxylic acids is 2. The predicted octanol–water partition coefficient (Wildman–Crippen LogP) is 0.856. The number of nitriles is 1. The van der Waals surface area contributed by atoms with Gasteiger partial charge in [-0.25, -0.2) is 0 Å². The lowest BCUT2D eigenvalue weighted by molar-refractivity contribution is -0.114. The van der Waals surface area contributed by atoms with Crippen molar-refractivity contribution >= 4 is 17.5 Å². The van der Waals surface area contributed by atoms with Crippen molar-refractivity contribution in [2.24, 2.45) is 0 Å². The van der Waals surface area contributed by atoms with Crippen molar-refractivity contribution < 1.29 is 9.59 Å². The van der Waals surface area contributed by atoms with Gasteiger partial charge in [0.1, 0.15) is 0 Å². The maximum atomic E-state index is 11.4. The molecule has 0 aromatic heterocycles. The van der Waals surface area contributed by atoms with Gasteiger partial charge < -0.3 is 5.32 Å². The van der Waals surface area contributed by atoms with Gasteiger partial charge in [0.15, 0.2) is 6.19 Å². The fraction of sp³-hybridized carbons (Fsp3) is 0.100. The summed E-state index contributed by atoms with van der Waals surface area (Å²) in [5, 5.41) is 12.8. The topological polar surface area (TPSA) is 82.0 Å². The van der Waals surface area contributed by atoms with E-state index in [1.807, 2.05) is 5.32 Å². The third kappa shape index (κ3) is 2.81. The number of nitrogens with zero attached hydrogens (tertiary/aromatic N) is 1. The van der Waals surface area contributed by atoms with Crippen LogP contribution in [-0.2, 0) is 4.79 Å².